The van der Waals surface area contributed by atoms with Crippen LogP contribution in [0.3, 0.4) is 0 Å². The molecule has 0 aliphatic carbocycles. The molecule has 0 radical (unpaired) electrons. The van der Waals surface area contributed by atoms with Crippen molar-refractivity contribution in [3.05, 3.63) is 47.3 Å². The van der Waals surface area contributed by atoms with E-state index in [9.17, 15) is 4.79 Å². The second kappa shape index (κ2) is 4.69. The number of aryl methyl sites for hydroxylation is 1. The molecule has 0 saturated carbocycles. The fourth-order valence-corrected chi connectivity index (χ4v) is 1.33. The summed E-state index contributed by atoms with van der Waals surface area (Å²) in [5.41, 5.74) is 1.03. The number of nitrogens with zero attached hydrogens (tertiary/aromatic N) is 1. The third kappa shape index (κ3) is 2.84. The van der Waals surface area contributed by atoms with Crippen LogP contribution in [0.2, 0.25) is 0 Å². The van der Waals surface area contributed by atoms with Gasteiger partial charge in [0.05, 0.1) is 11.3 Å². The Balaban J connectivity index is 1.97. The number of aromatic nitrogens is 1. The summed E-state index contributed by atoms with van der Waals surface area (Å²) in [6, 6.07) is 7.97. The average Bonchev–Trinajstić information content (AvgIpc) is 2.73. The highest BCUT2D eigenvalue weighted by atomic mass is 16.5. The summed E-state index contributed by atoms with van der Waals surface area (Å²) in [7, 11) is 0. The Hall–Kier alpha value is -2.30. The van der Waals surface area contributed by atoms with Crippen LogP contribution < -0.4 is 4.74 Å². The molecule has 2 aromatic rings. The number of ether oxygens (including phenoxy) is 1. The molecule has 1 N–H and O–H groups in total. The van der Waals surface area contributed by atoms with Crippen LogP contribution in [-0.2, 0) is 6.61 Å². The lowest BCUT2D eigenvalue weighted by Gasteiger charge is -2.03. The van der Waals surface area contributed by atoms with Gasteiger partial charge in [0.2, 0.25) is 0 Å². The van der Waals surface area contributed by atoms with Gasteiger partial charge in [-0.25, -0.2) is 4.79 Å². The van der Waals surface area contributed by atoms with Gasteiger partial charge in [0.15, 0.2) is 5.76 Å². The van der Waals surface area contributed by atoms with Gasteiger partial charge in [0.25, 0.3) is 0 Å². The molecule has 0 amide bonds. The zero-order valence-corrected chi connectivity index (χ0v) is 9.21. The molecule has 0 atom stereocenters. The zero-order chi connectivity index (χ0) is 12.3. The van der Waals surface area contributed by atoms with E-state index in [0.717, 1.165) is 5.69 Å². The van der Waals surface area contributed by atoms with Gasteiger partial charge in [0.1, 0.15) is 12.4 Å². The number of rotatable bonds is 4. The SMILES string of the molecule is Cc1cc(COc2ccc(C(=O)O)cc2)on1. The van der Waals surface area contributed by atoms with E-state index in [4.69, 9.17) is 14.4 Å². The molecule has 17 heavy (non-hydrogen) atoms. The minimum atomic E-state index is -0.956. The van der Waals surface area contributed by atoms with Gasteiger partial charge in [-0.2, -0.15) is 0 Å². The normalized spacial score (nSPS) is 10.2. The van der Waals surface area contributed by atoms with Crippen LogP contribution in [0, 0.1) is 6.92 Å². The van der Waals surface area contributed by atoms with Crippen LogP contribution in [0.15, 0.2) is 34.9 Å². The number of carbonyl (C=O) groups is 1. The Morgan fingerprint density at radius 2 is 2.12 bits per heavy atom. The summed E-state index contributed by atoms with van der Waals surface area (Å²) in [6.07, 6.45) is 0. The average molecular weight is 233 g/mol. The van der Waals surface area contributed by atoms with E-state index in [1.54, 1.807) is 18.2 Å². The molecule has 0 fully saturated rings. The smallest absolute Gasteiger partial charge is 0.335 e. The largest absolute Gasteiger partial charge is 0.486 e. The molecule has 0 aliphatic rings. The lowest BCUT2D eigenvalue weighted by Crippen LogP contribution is -1.97. The Labute approximate surface area is 97.6 Å². The maximum absolute atomic E-state index is 10.6. The van der Waals surface area contributed by atoms with Crippen LogP contribution in [0.5, 0.6) is 5.75 Å². The zero-order valence-electron chi connectivity index (χ0n) is 9.21. The molecule has 1 aromatic heterocycles. The second-order valence-corrected chi connectivity index (χ2v) is 3.55. The Morgan fingerprint density at radius 1 is 1.41 bits per heavy atom. The molecule has 0 bridgehead atoms. The van der Waals surface area contributed by atoms with E-state index in [1.165, 1.54) is 12.1 Å². The Kier molecular flexibility index (Phi) is 3.09. The third-order valence-electron chi connectivity index (χ3n) is 2.16. The third-order valence-corrected chi connectivity index (χ3v) is 2.16. The van der Waals surface area contributed by atoms with Crippen LogP contribution in [-0.4, -0.2) is 16.2 Å². The van der Waals surface area contributed by atoms with Gasteiger partial charge in [-0.1, -0.05) is 5.16 Å². The van der Waals surface area contributed by atoms with Crippen molar-refractivity contribution >= 4 is 5.97 Å². The van der Waals surface area contributed by atoms with E-state index >= 15 is 0 Å². The van der Waals surface area contributed by atoms with Crippen LogP contribution in [0.25, 0.3) is 0 Å². The van der Waals surface area contributed by atoms with Gasteiger partial charge in [-0.3, -0.25) is 0 Å². The molecule has 0 unspecified atom stereocenters. The van der Waals surface area contributed by atoms with E-state index in [-0.39, 0.29) is 12.2 Å². The highest BCUT2D eigenvalue weighted by Crippen LogP contribution is 2.14. The molecule has 0 aliphatic heterocycles. The van der Waals surface area contributed by atoms with Gasteiger partial charge in [-0.15, -0.1) is 0 Å². The van der Waals surface area contributed by atoms with Crippen molar-refractivity contribution in [1.82, 2.24) is 5.16 Å². The van der Waals surface area contributed by atoms with Crippen molar-refractivity contribution in [3.63, 3.8) is 0 Å². The summed E-state index contributed by atoms with van der Waals surface area (Å²) >= 11 is 0. The highest BCUT2D eigenvalue weighted by Gasteiger charge is 2.04. The minimum absolute atomic E-state index is 0.229. The van der Waals surface area contributed by atoms with Gasteiger partial charge < -0.3 is 14.4 Å². The highest BCUT2D eigenvalue weighted by molar-refractivity contribution is 5.87. The van der Waals surface area contributed by atoms with Crippen LogP contribution in [0.4, 0.5) is 0 Å². The number of hydrogen-bond donors (Lipinski definition) is 1. The molecular formula is C12H11NO4. The molecule has 0 saturated heterocycles. The number of carboxylic acid groups (broad SMARTS) is 1. The summed E-state index contributed by atoms with van der Waals surface area (Å²) in [5.74, 6) is 0.260. The van der Waals surface area contributed by atoms with Crippen molar-refractivity contribution in [2.75, 3.05) is 0 Å². The lowest BCUT2D eigenvalue weighted by atomic mass is 10.2. The van der Waals surface area contributed by atoms with Gasteiger partial charge >= 0.3 is 5.97 Å². The fourth-order valence-electron chi connectivity index (χ4n) is 1.33. The van der Waals surface area contributed by atoms with E-state index in [2.05, 4.69) is 5.16 Å². The summed E-state index contributed by atoms with van der Waals surface area (Å²) < 4.78 is 10.4. The van der Waals surface area contributed by atoms with Crippen LogP contribution >= 0.6 is 0 Å². The van der Waals surface area contributed by atoms with Crippen molar-refractivity contribution in [1.29, 1.82) is 0 Å². The van der Waals surface area contributed by atoms with Crippen molar-refractivity contribution in [2.45, 2.75) is 13.5 Å². The minimum Gasteiger partial charge on any atom is -0.486 e. The van der Waals surface area contributed by atoms with E-state index in [0.29, 0.717) is 11.5 Å². The quantitative estimate of drug-likeness (QED) is 0.876. The monoisotopic (exact) mass is 233 g/mol. The standard InChI is InChI=1S/C12H11NO4/c1-8-6-11(17-13-8)7-16-10-4-2-9(3-5-10)12(14)15/h2-6H,7H2,1H3,(H,14,15). The van der Waals surface area contributed by atoms with E-state index in [1.807, 2.05) is 6.92 Å². The van der Waals surface area contributed by atoms with Crippen LogP contribution in [0.1, 0.15) is 21.8 Å². The maximum Gasteiger partial charge on any atom is 0.335 e. The number of hydrogen-bond acceptors (Lipinski definition) is 4. The first-order chi connectivity index (χ1) is 8.15. The first-order valence-corrected chi connectivity index (χ1v) is 5.03. The molecule has 5 nitrogen and oxygen atoms in total. The Morgan fingerprint density at radius 3 is 2.65 bits per heavy atom. The van der Waals surface area contributed by atoms with Crippen molar-refractivity contribution in [3.8, 4) is 5.75 Å². The number of aromatic carboxylic acids is 1. The second-order valence-electron chi connectivity index (χ2n) is 3.55. The van der Waals surface area contributed by atoms with Crippen molar-refractivity contribution < 1.29 is 19.2 Å². The number of carboxylic acids is 1. The van der Waals surface area contributed by atoms with Gasteiger partial charge in [0, 0.05) is 6.07 Å². The predicted octanol–water partition coefficient (Wildman–Crippen LogP) is 2.26. The number of benzene rings is 1. The lowest BCUT2D eigenvalue weighted by molar-refractivity contribution is 0.0697. The van der Waals surface area contributed by atoms with Crippen molar-refractivity contribution in [2.24, 2.45) is 0 Å². The van der Waals surface area contributed by atoms with Gasteiger partial charge in [-0.05, 0) is 31.2 Å². The topological polar surface area (TPSA) is 72.6 Å². The molecular weight excluding hydrogens is 222 g/mol. The molecule has 0 spiro atoms. The molecule has 1 aromatic carbocycles. The fraction of sp³-hybridized carbons (Fsp3) is 0.167. The predicted molar refractivity (Wildman–Crippen MR) is 59.0 cm³/mol. The van der Waals surface area contributed by atoms with E-state index < -0.39 is 5.97 Å². The first-order valence-electron chi connectivity index (χ1n) is 5.03. The summed E-state index contributed by atoms with van der Waals surface area (Å²) in [6.45, 7) is 2.10. The maximum atomic E-state index is 10.6. The summed E-state index contributed by atoms with van der Waals surface area (Å²) in [4.78, 5) is 10.6. The molecule has 88 valence electrons. The Bertz CT molecular complexity index is 516. The first kappa shape index (κ1) is 11.2. The molecule has 5 heteroatoms. The molecule has 2 rings (SSSR count). The summed E-state index contributed by atoms with van der Waals surface area (Å²) in [5, 5.41) is 12.5. The molecule has 1 heterocycles.